The summed E-state index contributed by atoms with van der Waals surface area (Å²) >= 11 is 1.55. The Kier molecular flexibility index (Phi) is 8.08. The molecule has 1 aromatic heterocycles. The van der Waals surface area contributed by atoms with E-state index in [1.165, 1.54) is 23.6 Å². The molecular weight excluding hydrogens is 556 g/mol. The van der Waals surface area contributed by atoms with E-state index in [1.807, 2.05) is 30.5 Å². The van der Waals surface area contributed by atoms with Crippen molar-refractivity contribution < 1.29 is 31.1 Å². The minimum absolute atomic E-state index is 0.0611. The first-order chi connectivity index (χ1) is 18.8. The maximum absolute atomic E-state index is 13.4. The zero-order valence-corrected chi connectivity index (χ0v) is 21.9. The van der Waals surface area contributed by atoms with Gasteiger partial charge < -0.3 is 15.0 Å². The molecule has 4 rings (SSSR count). The number of hydrogen-bond acceptors (Lipinski definition) is 6. The third-order valence-electron chi connectivity index (χ3n) is 5.87. The van der Waals surface area contributed by atoms with Crippen molar-refractivity contribution in [2.24, 2.45) is 11.6 Å². The van der Waals surface area contributed by atoms with Crippen molar-refractivity contribution in [1.82, 2.24) is 9.55 Å². The fraction of sp³-hybridized carbons (Fsp3) is 0.148. The van der Waals surface area contributed by atoms with Gasteiger partial charge in [-0.1, -0.05) is 18.2 Å². The van der Waals surface area contributed by atoms with Crippen LogP contribution in [-0.2, 0) is 6.18 Å². The highest BCUT2D eigenvalue weighted by Gasteiger charge is 2.35. The molecule has 4 aromatic rings. The number of hydrogen-bond donors (Lipinski definition) is 2. The summed E-state index contributed by atoms with van der Waals surface area (Å²) in [5, 5.41) is 1.16. The van der Waals surface area contributed by atoms with E-state index in [2.05, 4.69) is 9.72 Å². The molecule has 0 amide bonds. The summed E-state index contributed by atoms with van der Waals surface area (Å²) in [4.78, 5) is 4.65. The van der Waals surface area contributed by atoms with Gasteiger partial charge in [0.2, 0.25) is 0 Å². The molecule has 0 saturated carbocycles. The van der Waals surface area contributed by atoms with E-state index in [1.54, 1.807) is 30.0 Å². The average Bonchev–Trinajstić information content (AvgIpc) is 3.31. The molecular formula is C27H23F6N5OS. The van der Waals surface area contributed by atoms with E-state index in [9.17, 15) is 26.3 Å². The van der Waals surface area contributed by atoms with Gasteiger partial charge in [-0.3, -0.25) is 5.01 Å². The zero-order chi connectivity index (χ0) is 29.2. The molecule has 0 aliphatic heterocycles. The van der Waals surface area contributed by atoms with E-state index in [-0.39, 0.29) is 22.9 Å². The molecule has 13 heteroatoms. The van der Waals surface area contributed by atoms with E-state index in [0.717, 1.165) is 40.0 Å². The first-order valence-corrected chi connectivity index (χ1v) is 12.8. The number of benzene rings is 3. The predicted molar refractivity (Wildman–Crippen MR) is 142 cm³/mol. The number of halogens is 6. The number of anilines is 1. The van der Waals surface area contributed by atoms with Crippen molar-refractivity contribution in [3.8, 4) is 22.6 Å². The molecule has 0 spiro atoms. The third-order valence-corrected chi connectivity index (χ3v) is 6.60. The minimum Gasteiger partial charge on any atom is -0.406 e. The van der Waals surface area contributed by atoms with Crippen LogP contribution in [0.5, 0.6) is 5.75 Å². The van der Waals surface area contributed by atoms with Crippen LogP contribution in [0.25, 0.3) is 22.5 Å². The number of rotatable bonds is 7. The quantitative estimate of drug-likeness (QED) is 0.105. The molecule has 6 nitrogen and oxygen atoms in total. The second kappa shape index (κ2) is 11.2. The highest BCUT2D eigenvalue weighted by Crippen LogP contribution is 2.37. The van der Waals surface area contributed by atoms with Gasteiger partial charge in [0.25, 0.3) is 0 Å². The molecule has 1 heterocycles. The molecule has 0 aliphatic carbocycles. The topological polar surface area (TPSA) is 82.3 Å². The van der Waals surface area contributed by atoms with Crippen LogP contribution in [-0.4, -0.2) is 22.2 Å². The lowest BCUT2D eigenvalue weighted by Gasteiger charge is -2.26. The summed E-state index contributed by atoms with van der Waals surface area (Å²) in [5.41, 5.74) is 7.38. The van der Waals surface area contributed by atoms with Crippen LogP contribution < -0.4 is 21.3 Å². The van der Waals surface area contributed by atoms with Crippen molar-refractivity contribution in [1.29, 1.82) is 0 Å². The Morgan fingerprint density at radius 1 is 0.975 bits per heavy atom. The SMILES string of the molecule is CSc1cccc(-c2ccc(-n3cc(C(F)(F)F)nc3C)c(N(N)/C(=C\N)c3ccc(OC(F)(F)F)cc3)c2)c1. The van der Waals surface area contributed by atoms with Crippen molar-refractivity contribution >= 4 is 23.1 Å². The van der Waals surface area contributed by atoms with Crippen LogP contribution in [0.3, 0.4) is 0 Å². The zero-order valence-electron chi connectivity index (χ0n) is 21.1. The van der Waals surface area contributed by atoms with Gasteiger partial charge in [-0.05, 0) is 72.8 Å². The van der Waals surface area contributed by atoms with Gasteiger partial charge in [-0.2, -0.15) is 13.2 Å². The molecule has 3 aromatic carbocycles. The molecule has 40 heavy (non-hydrogen) atoms. The number of thioether (sulfide) groups is 1. The second-order valence-corrected chi connectivity index (χ2v) is 9.35. The highest BCUT2D eigenvalue weighted by atomic mass is 32.2. The van der Waals surface area contributed by atoms with E-state index in [4.69, 9.17) is 11.6 Å². The summed E-state index contributed by atoms with van der Waals surface area (Å²) in [7, 11) is 0. The first-order valence-electron chi connectivity index (χ1n) is 11.6. The molecule has 0 atom stereocenters. The summed E-state index contributed by atoms with van der Waals surface area (Å²) < 4.78 is 83.3. The van der Waals surface area contributed by atoms with Crippen molar-refractivity contribution in [3.63, 3.8) is 0 Å². The summed E-state index contributed by atoms with van der Waals surface area (Å²) in [5.74, 6) is 6.14. The number of hydrazine groups is 1. The average molecular weight is 580 g/mol. The van der Waals surface area contributed by atoms with Crippen LogP contribution >= 0.6 is 11.8 Å². The molecule has 0 aliphatic rings. The lowest BCUT2D eigenvalue weighted by molar-refractivity contribution is -0.274. The molecule has 0 radical (unpaired) electrons. The maximum atomic E-state index is 13.4. The Hall–Kier alpha value is -4.10. The van der Waals surface area contributed by atoms with E-state index in [0.29, 0.717) is 11.1 Å². The number of nitrogens with zero attached hydrogens (tertiary/aromatic N) is 3. The van der Waals surface area contributed by atoms with Crippen LogP contribution in [0.1, 0.15) is 17.1 Å². The highest BCUT2D eigenvalue weighted by molar-refractivity contribution is 7.98. The largest absolute Gasteiger partial charge is 0.573 e. The van der Waals surface area contributed by atoms with Crippen molar-refractivity contribution in [2.45, 2.75) is 24.4 Å². The molecule has 0 unspecified atom stereocenters. The Labute approximate surface area is 229 Å². The van der Waals surface area contributed by atoms with Crippen LogP contribution in [0.15, 0.2) is 84.0 Å². The second-order valence-electron chi connectivity index (χ2n) is 8.47. The molecule has 0 saturated heterocycles. The number of aryl methyl sites for hydroxylation is 1. The van der Waals surface area contributed by atoms with Crippen molar-refractivity contribution in [2.75, 3.05) is 11.3 Å². The van der Waals surface area contributed by atoms with Gasteiger partial charge in [0.15, 0.2) is 5.69 Å². The van der Waals surface area contributed by atoms with Crippen LogP contribution in [0, 0.1) is 6.92 Å². The lowest BCUT2D eigenvalue weighted by atomic mass is 10.0. The van der Waals surface area contributed by atoms with Gasteiger partial charge in [-0.25, -0.2) is 10.8 Å². The summed E-state index contributed by atoms with van der Waals surface area (Å²) in [6, 6.07) is 17.5. The van der Waals surface area contributed by atoms with Gasteiger partial charge >= 0.3 is 12.5 Å². The van der Waals surface area contributed by atoms with Crippen LogP contribution in [0.4, 0.5) is 32.0 Å². The predicted octanol–water partition coefficient (Wildman–Crippen LogP) is 7.12. The number of imidazole rings is 1. The minimum atomic E-state index is -4.87. The molecule has 0 bridgehead atoms. The fourth-order valence-electron chi connectivity index (χ4n) is 4.03. The number of aromatic nitrogens is 2. The fourth-order valence-corrected chi connectivity index (χ4v) is 4.49. The Morgan fingerprint density at radius 3 is 2.23 bits per heavy atom. The summed E-state index contributed by atoms with van der Waals surface area (Å²) in [6.45, 7) is 1.43. The van der Waals surface area contributed by atoms with E-state index < -0.39 is 24.0 Å². The number of nitrogens with two attached hydrogens (primary N) is 2. The van der Waals surface area contributed by atoms with Crippen LogP contribution in [0.2, 0.25) is 0 Å². The molecule has 4 N–H and O–H groups in total. The van der Waals surface area contributed by atoms with Gasteiger partial charge in [0, 0.05) is 22.9 Å². The van der Waals surface area contributed by atoms with Gasteiger partial charge in [0.05, 0.1) is 17.1 Å². The number of ether oxygens (including phenoxy) is 1. The monoisotopic (exact) mass is 579 g/mol. The third kappa shape index (κ3) is 6.37. The Bertz CT molecular complexity index is 1530. The van der Waals surface area contributed by atoms with Crippen molar-refractivity contribution in [3.05, 3.63) is 96.2 Å². The molecule has 0 fully saturated rings. The first kappa shape index (κ1) is 28.9. The van der Waals surface area contributed by atoms with E-state index >= 15 is 0 Å². The summed E-state index contributed by atoms with van der Waals surface area (Å²) in [6.07, 6.45) is -5.59. The number of alkyl halides is 6. The smallest absolute Gasteiger partial charge is 0.406 e. The standard InChI is InChI=1S/C27H23F6N5OS/c1-16-36-25(26(28,29)30)15-37(16)22-11-8-19(18-4-3-5-21(12-18)40-2)13-23(22)38(35)24(14-34)17-6-9-20(10-7-17)39-27(31,32)33/h3-15H,34-35H2,1-2H3/b24-14-. The Morgan fingerprint density at radius 2 is 1.65 bits per heavy atom. The molecule has 210 valence electrons. The normalized spacial score (nSPS) is 12.5. The van der Waals surface area contributed by atoms with Gasteiger partial charge in [-0.15, -0.1) is 24.9 Å². The van der Waals surface area contributed by atoms with Gasteiger partial charge in [0.1, 0.15) is 11.6 Å². The lowest BCUT2D eigenvalue weighted by Crippen LogP contribution is -2.31. The Balaban J connectivity index is 1.84. The maximum Gasteiger partial charge on any atom is 0.573 e.